The molecule has 0 bridgehead atoms. The third kappa shape index (κ3) is 2.89. The predicted molar refractivity (Wildman–Crippen MR) is 145 cm³/mol. The minimum absolute atomic E-state index is 0.139. The topological polar surface area (TPSA) is 47.6 Å². The molecular formula is C34H21FN2. The Hall–Kier alpha value is -4.99. The number of nitriles is 2. The normalized spacial score (nSPS) is 14.3. The first-order valence-electron chi connectivity index (χ1n) is 12.1. The molecule has 4 aromatic rings. The second-order valence-electron chi connectivity index (χ2n) is 9.24. The van der Waals surface area contributed by atoms with Crippen molar-refractivity contribution in [2.45, 2.75) is 12.3 Å². The number of rotatable bonds is 3. The van der Waals surface area contributed by atoms with E-state index in [-0.39, 0.29) is 11.1 Å². The minimum atomic E-state index is -0.781. The van der Waals surface area contributed by atoms with Crippen LogP contribution in [0, 0.1) is 28.5 Å². The van der Waals surface area contributed by atoms with E-state index >= 15 is 0 Å². The molecule has 0 radical (unpaired) electrons. The Balaban J connectivity index is 1.73. The Labute approximate surface area is 215 Å². The van der Waals surface area contributed by atoms with Crippen molar-refractivity contribution < 1.29 is 4.39 Å². The van der Waals surface area contributed by atoms with Gasteiger partial charge in [-0.2, -0.15) is 10.5 Å². The molecule has 0 N–H and O–H groups in total. The molecule has 0 heterocycles. The molecule has 0 atom stereocenters. The van der Waals surface area contributed by atoms with Crippen molar-refractivity contribution in [1.29, 1.82) is 10.5 Å². The Bertz CT molecular complexity index is 1710. The molecule has 2 nitrogen and oxygen atoms in total. The lowest BCUT2D eigenvalue weighted by molar-refractivity contribution is 0.620. The van der Waals surface area contributed by atoms with E-state index in [1.54, 1.807) is 0 Å². The molecule has 0 fully saturated rings. The van der Waals surface area contributed by atoms with Gasteiger partial charge in [-0.15, -0.1) is 0 Å². The summed E-state index contributed by atoms with van der Waals surface area (Å²) in [5.41, 5.74) is 9.81. The van der Waals surface area contributed by atoms with Gasteiger partial charge in [-0.25, -0.2) is 4.39 Å². The minimum Gasteiger partial charge on any atom is -0.204 e. The number of hydrogen-bond acceptors (Lipinski definition) is 2. The summed E-state index contributed by atoms with van der Waals surface area (Å²) in [5.74, 6) is -0.781. The van der Waals surface area contributed by atoms with Crippen molar-refractivity contribution >= 4 is 5.57 Å². The van der Waals surface area contributed by atoms with Crippen LogP contribution in [0.15, 0.2) is 109 Å². The van der Waals surface area contributed by atoms with Gasteiger partial charge in [0.1, 0.15) is 12.1 Å². The monoisotopic (exact) mass is 476 g/mol. The van der Waals surface area contributed by atoms with Crippen LogP contribution in [0.5, 0.6) is 0 Å². The maximum atomic E-state index is 14.5. The Morgan fingerprint density at radius 2 is 1.35 bits per heavy atom. The van der Waals surface area contributed by atoms with E-state index in [1.807, 2.05) is 37.3 Å². The molecule has 0 aliphatic heterocycles. The van der Waals surface area contributed by atoms with E-state index in [9.17, 15) is 14.9 Å². The van der Waals surface area contributed by atoms with Gasteiger partial charge in [-0.05, 0) is 80.8 Å². The van der Waals surface area contributed by atoms with E-state index in [1.165, 1.54) is 34.4 Å². The molecule has 0 saturated heterocycles. The van der Waals surface area contributed by atoms with Gasteiger partial charge in [0.15, 0.2) is 5.82 Å². The lowest BCUT2D eigenvalue weighted by Crippen LogP contribution is -2.26. The van der Waals surface area contributed by atoms with Gasteiger partial charge < -0.3 is 0 Å². The second-order valence-corrected chi connectivity index (χ2v) is 9.24. The van der Waals surface area contributed by atoms with Gasteiger partial charge in [0.05, 0.1) is 16.5 Å². The number of allylic oxidation sites excluding steroid dienone is 5. The van der Waals surface area contributed by atoms with Crippen molar-refractivity contribution in [2.75, 3.05) is 0 Å². The van der Waals surface area contributed by atoms with Gasteiger partial charge in [-0.3, -0.25) is 0 Å². The molecule has 37 heavy (non-hydrogen) atoms. The quantitative estimate of drug-likeness (QED) is 0.300. The summed E-state index contributed by atoms with van der Waals surface area (Å²) >= 11 is 0. The fraction of sp³-hybridized carbons (Fsp3) is 0.0588. The Morgan fingerprint density at radius 1 is 0.757 bits per heavy atom. The van der Waals surface area contributed by atoms with Crippen LogP contribution in [0.4, 0.5) is 4.39 Å². The van der Waals surface area contributed by atoms with E-state index in [4.69, 9.17) is 0 Å². The molecule has 4 aromatic carbocycles. The number of hydrogen-bond donors (Lipinski definition) is 0. The summed E-state index contributed by atoms with van der Waals surface area (Å²) in [4.78, 5) is 0. The SMILES string of the molecule is C=CC1=C(/C=C\C)c2ccc(-c3cc(C#N)c(F)c(C#N)c3)cc2C12c1ccccc1-c1ccccc12. The highest BCUT2D eigenvalue weighted by Crippen LogP contribution is 2.62. The zero-order valence-electron chi connectivity index (χ0n) is 20.2. The van der Waals surface area contributed by atoms with E-state index in [2.05, 4.69) is 73.3 Å². The van der Waals surface area contributed by atoms with Crippen LogP contribution in [0.3, 0.4) is 0 Å². The molecule has 2 aliphatic carbocycles. The fourth-order valence-corrected chi connectivity index (χ4v) is 6.14. The van der Waals surface area contributed by atoms with E-state index in [0.717, 1.165) is 27.8 Å². The molecule has 0 amide bonds. The molecular weight excluding hydrogens is 455 g/mol. The fourth-order valence-electron chi connectivity index (χ4n) is 6.14. The largest absolute Gasteiger partial charge is 0.204 e. The molecule has 2 aliphatic rings. The van der Waals surface area contributed by atoms with Crippen molar-refractivity contribution in [2.24, 2.45) is 0 Å². The molecule has 6 rings (SSSR count). The summed E-state index contributed by atoms with van der Waals surface area (Å²) in [6, 6.07) is 30.0. The van der Waals surface area contributed by atoms with E-state index < -0.39 is 11.2 Å². The molecule has 3 heteroatoms. The van der Waals surface area contributed by atoms with Gasteiger partial charge in [0, 0.05) is 0 Å². The highest BCUT2D eigenvalue weighted by molar-refractivity contribution is 5.98. The van der Waals surface area contributed by atoms with Gasteiger partial charge in [-0.1, -0.05) is 85.5 Å². The Morgan fingerprint density at radius 3 is 1.89 bits per heavy atom. The molecule has 0 aromatic heterocycles. The highest BCUT2D eigenvalue weighted by Gasteiger charge is 2.51. The number of benzene rings is 4. The van der Waals surface area contributed by atoms with Crippen LogP contribution < -0.4 is 0 Å². The molecule has 0 unspecified atom stereocenters. The second kappa shape index (κ2) is 8.30. The summed E-state index contributed by atoms with van der Waals surface area (Å²) in [6.07, 6.45) is 6.14. The average Bonchev–Trinajstić information content (AvgIpc) is 3.39. The predicted octanol–water partition coefficient (Wildman–Crippen LogP) is 8.08. The van der Waals surface area contributed by atoms with Crippen LogP contribution >= 0.6 is 0 Å². The summed E-state index contributed by atoms with van der Waals surface area (Å²) in [7, 11) is 0. The molecule has 1 spiro atoms. The average molecular weight is 477 g/mol. The zero-order valence-corrected chi connectivity index (χ0v) is 20.2. The lowest BCUT2D eigenvalue weighted by atomic mass is 9.69. The van der Waals surface area contributed by atoms with Gasteiger partial charge >= 0.3 is 0 Å². The highest BCUT2D eigenvalue weighted by atomic mass is 19.1. The van der Waals surface area contributed by atoms with Crippen LogP contribution in [-0.2, 0) is 5.41 Å². The maximum absolute atomic E-state index is 14.5. The van der Waals surface area contributed by atoms with Crippen LogP contribution in [0.1, 0.15) is 40.3 Å². The molecule has 174 valence electrons. The van der Waals surface area contributed by atoms with Crippen molar-refractivity contribution in [3.8, 4) is 34.4 Å². The number of fused-ring (bicyclic) bond motifs is 7. The van der Waals surface area contributed by atoms with Gasteiger partial charge in [0.25, 0.3) is 0 Å². The van der Waals surface area contributed by atoms with Crippen molar-refractivity contribution in [1.82, 2.24) is 0 Å². The summed E-state index contributed by atoms with van der Waals surface area (Å²) < 4.78 is 14.5. The summed E-state index contributed by atoms with van der Waals surface area (Å²) in [5, 5.41) is 19.0. The van der Waals surface area contributed by atoms with Crippen LogP contribution in [-0.4, -0.2) is 0 Å². The maximum Gasteiger partial charge on any atom is 0.158 e. The first kappa shape index (κ1) is 22.5. The van der Waals surface area contributed by atoms with Crippen molar-refractivity contribution in [3.63, 3.8) is 0 Å². The standard InChI is InChI=1S/C34H21FN2/c1-3-9-25-28-15-14-21(22-16-23(19-36)33(35)24(17-22)20-37)18-32(28)34(29(25)4-2)30-12-7-5-10-26(30)27-11-6-8-13-31(27)34/h3-18H,2H2,1H3/b9-3-. The Kier molecular flexibility index (Phi) is 5.04. The van der Waals surface area contributed by atoms with Crippen molar-refractivity contribution in [3.05, 3.63) is 148 Å². The number of nitrogens with zero attached hydrogens (tertiary/aromatic N) is 2. The smallest absolute Gasteiger partial charge is 0.158 e. The lowest BCUT2D eigenvalue weighted by Gasteiger charge is -2.31. The zero-order chi connectivity index (χ0) is 25.7. The van der Waals surface area contributed by atoms with Crippen LogP contribution in [0.2, 0.25) is 0 Å². The van der Waals surface area contributed by atoms with Gasteiger partial charge in [0.2, 0.25) is 0 Å². The van der Waals surface area contributed by atoms with Crippen LogP contribution in [0.25, 0.3) is 27.8 Å². The first-order valence-corrected chi connectivity index (χ1v) is 12.1. The third-order valence-corrected chi connectivity index (χ3v) is 7.54. The van der Waals surface area contributed by atoms with E-state index in [0.29, 0.717) is 5.56 Å². The number of halogens is 1. The molecule has 0 saturated carbocycles. The third-order valence-electron chi connectivity index (χ3n) is 7.54. The summed E-state index contributed by atoms with van der Waals surface area (Å²) in [6.45, 7) is 6.26. The first-order chi connectivity index (χ1) is 18.1.